The van der Waals surface area contributed by atoms with Crippen LogP contribution in [0.4, 0.5) is 11.4 Å². The summed E-state index contributed by atoms with van der Waals surface area (Å²) in [6, 6.07) is 30.2. The standard InChI is InChI=1S/2C10H8N2.2C5H6N2.Ru/c2*1-3-7-11-9(5-1)10-6-2-4-8-12-10;2*6-5-1-3-7-4-2-5;/h2*1-8H;2*1-4H,(H2,6,7);. The van der Waals surface area contributed by atoms with Gasteiger partial charge in [0.2, 0.25) is 0 Å². The Morgan fingerprint density at radius 2 is 0.590 bits per heavy atom. The van der Waals surface area contributed by atoms with Crippen LogP contribution in [0.3, 0.4) is 0 Å². The molecule has 8 nitrogen and oxygen atoms in total. The van der Waals surface area contributed by atoms with E-state index in [-0.39, 0.29) is 19.5 Å². The summed E-state index contributed by atoms with van der Waals surface area (Å²) < 4.78 is 0. The molecule has 0 saturated carbocycles. The van der Waals surface area contributed by atoms with E-state index in [1.165, 1.54) is 0 Å². The van der Waals surface area contributed by atoms with E-state index in [2.05, 4.69) is 29.9 Å². The van der Waals surface area contributed by atoms with E-state index in [4.69, 9.17) is 11.5 Å². The number of hydrogen-bond acceptors (Lipinski definition) is 8. The number of pyridine rings is 6. The van der Waals surface area contributed by atoms with Gasteiger partial charge in [-0.1, -0.05) is 24.3 Å². The van der Waals surface area contributed by atoms with Gasteiger partial charge < -0.3 is 11.5 Å². The second-order valence-corrected chi connectivity index (χ2v) is 7.42. The van der Waals surface area contributed by atoms with Gasteiger partial charge >= 0.3 is 0 Å². The number of aromatic nitrogens is 6. The second-order valence-electron chi connectivity index (χ2n) is 7.42. The first kappa shape index (κ1) is 30.3. The van der Waals surface area contributed by atoms with Crippen molar-refractivity contribution >= 4 is 11.4 Å². The van der Waals surface area contributed by atoms with Crippen molar-refractivity contribution in [1.82, 2.24) is 29.9 Å². The molecule has 0 aliphatic rings. The predicted molar refractivity (Wildman–Crippen MR) is 152 cm³/mol. The summed E-state index contributed by atoms with van der Waals surface area (Å²) in [5.74, 6) is 0. The Bertz CT molecular complexity index is 1210. The van der Waals surface area contributed by atoms with E-state index in [1.807, 2.05) is 72.8 Å². The molecule has 6 aromatic rings. The van der Waals surface area contributed by atoms with E-state index >= 15 is 0 Å². The maximum absolute atomic E-state index is 5.32. The molecule has 6 heterocycles. The van der Waals surface area contributed by atoms with Gasteiger partial charge in [0.25, 0.3) is 0 Å². The molecule has 6 rings (SSSR count). The summed E-state index contributed by atoms with van der Waals surface area (Å²) in [6.07, 6.45) is 13.7. The fourth-order valence-corrected chi connectivity index (χ4v) is 2.78. The minimum absolute atomic E-state index is 0. The summed E-state index contributed by atoms with van der Waals surface area (Å²) in [7, 11) is 0. The first-order valence-corrected chi connectivity index (χ1v) is 11.7. The van der Waals surface area contributed by atoms with Crippen LogP contribution < -0.4 is 11.5 Å². The molecule has 0 aromatic carbocycles. The van der Waals surface area contributed by atoms with Gasteiger partial charge in [-0.2, -0.15) is 0 Å². The van der Waals surface area contributed by atoms with E-state index in [0.717, 1.165) is 34.2 Å². The smallest absolute Gasteiger partial charge is 0.0886 e. The number of nitrogens with two attached hydrogens (primary N) is 2. The zero-order chi connectivity index (χ0) is 26.7. The summed E-state index contributed by atoms with van der Waals surface area (Å²) in [6.45, 7) is 0. The Hall–Kier alpha value is -4.88. The normalized spacial score (nSPS) is 9.03. The Morgan fingerprint density at radius 1 is 0.333 bits per heavy atom. The number of nitrogens with zero attached hydrogens (tertiary/aromatic N) is 6. The van der Waals surface area contributed by atoms with Crippen LogP contribution in [-0.2, 0) is 19.5 Å². The van der Waals surface area contributed by atoms with Crippen molar-refractivity contribution in [2.24, 2.45) is 0 Å². The molecule has 6 aromatic heterocycles. The van der Waals surface area contributed by atoms with Gasteiger partial charge in [0.05, 0.1) is 22.8 Å². The molecule has 0 bridgehead atoms. The summed E-state index contributed by atoms with van der Waals surface area (Å²) in [4.78, 5) is 24.3. The number of rotatable bonds is 2. The molecule has 9 heteroatoms. The molecule has 0 amide bonds. The van der Waals surface area contributed by atoms with E-state index < -0.39 is 0 Å². The van der Waals surface area contributed by atoms with Gasteiger partial charge in [-0.3, -0.25) is 29.9 Å². The van der Waals surface area contributed by atoms with Crippen LogP contribution in [-0.4, -0.2) is 29.9 Å². The van der Waals surface area contributed by atoms with Crippen molar-refractivity contribution in [3.05, 3.63) is 147 Å². The molecule has 0 aliphatic heterocycles. The van der Waals surface area contributed by atoms with Gasteiger partial charge in [0.15, 0.2) is 0 Å². The van der Waals surface area contributed by atoms with Crippen molar-refractivity contribution in [2.75, 3.05) is 11.5 Å². The molecule has 0 aliphatic carbocycles. The van der Waals surface area contributed by atoms with Gasteiger partial charge in [0, 0.05) is 80.4 Å². The third-order valence-corrected chi connectivity index (χ3v) is 4.60. The fraction of sp³-hybridized carbons (Fsp3) is 0. The van der Waals surface area contributed by atoms with E-state index in [1.54, 1.807) is 73.8 Å². The van der Waals surface area contributed by atoms with Crippen molar-refractivity contribution in [3.63, 3.8) is 0 Å². The van der Waals surface area contributed by atoms with Crippen LogP contribution in [0, 0.1) is 0 Å². The van der Waals surface area contributed by atoms with E-state index in [0.29, 0.717) is 0 Å². The molecule has 39 heavy (non-hydrogen) atoms. The molecular weight excluding hydrogens is 573 g/mol. The van der Waals surface area contributed by atoms with Crippen LogP contribution >= 0.6 is 0 Å². The first-order chi connectivity index (χ1) is 18.7. The molecule has 0 unspecified atom stereocenters. The fourth-order valence-electron chi connectivity index (χ4n) is 2.78. The Balaban J connectivity index is 0.000000187. The molecule has 0 atom stereocenters. The van der Waals surface area contributed by atoms with Crippen LogP contribution in [0.2, 0.25) is 0 Å². The Morgan fingerprint density at radius 3 is 0.744 bits per heavy atom. The van der Waals surface area contributed by atoms with Crippen molar-refractivity contribution in [1.29, 1.82) is 0 Å². The van der Waals surface area contributed by atoms with Crippen LogP contribution in [0.15, 0.2) is 147 Å². The van der Waals surface area contributed by atoms with Gasteiger partial charge in [-0.15, -0.1) is 0 Å². The quantitative estimate of drug-likeness (QED) is 0.245. The summed E-state index contributed by atoms with van der Waals surface area (Å²) in [5.41, 5.74) is 15.8. The third-order valence-electron chi connectivity index (χ3n) is 4.60. The van der Waals surface area contributed by atoms with Crippen LogP contribution in [0.25, 0.3) is 22.8 Å². The van der Waals surface area contributed by atoms with Crippen molar-refractivity contribution in [2.45, 2.75) is 0 Å². The maximum atomic E-state index is 5.32. The number of anilines is 2. The SMILES string of the molecule is Nc1ccncc1.Nc1ccncc1.[Ru].c1ccc(-c2ccccn2)nc1.c1ccc(-c2ccccn2)nc1. The summed E-state index contributed by atoms with van der Waals surface area (Å²) >= 11 is 0. The molecule has 196 valence electrons. The average molecular weight is 602 g/mol. The molecular formula is C30H28N8Ru. The first-order valence-electron chi connectivity index (χ1n) is 11.7. The zero-order valence-corrected chi connectivity index (χ0v) is 22.8. The molecule has 0 saturated heterocycles. The number of nitrogen functional groups attached to an aromatic ring is 2. The van der Waals surface area contributed by atoms with Crippen molar-refractivity contribution in [3.8, 4) is 22.8 Å². The van der Waals surface area contributed by atoms with Gasteiger partial charge in [-0.25, -0.2) is 0 Å². The molecule has 4 N–H and O–H groups in total. The molecule has 0 radical (unpaired) electrons. The predicted octanol–water partition coefficient (Wildman–Crippen LogP) is 5.61. The van der Waals surface area contributed by atoms with Crippen LogP contribution in [0.5, 0.6) is 0 Å². The molecule has 0 fully saturated rings. The summed E-state index contributed by atoms with van der Waals surface area (Å²) in [5, 5.41) is 0. The molecule has 0 spiro atoms. The largest absolute Gasteiger partial charge is 0.399 e. The van der Waals surface area contributed by atoms with Gasteiger partial charge in [-0.05, 0) is 72.8 Å². The van der Waals surface area contributed by atoms with E-state index in [9.17, 15) is 0 Å². The monoisotopic (exact) mass is 602 g/mol. The van der Waals surface area contributed by atoms with Gasteiger partial charge in [0.1, 0.15) is 0 Å². The third kappa shape index (κ3) is 12.3. The minimum Gasteiger partial charge on any atom is -0.399 e. The Kier molecular flexibility index (Phi) is 14.3. The average Bonchev–Trinajstić information content (AvgIpc) is 3.01. The van der Waals surface area contributed by atoms with Crippen LogP contribution in [0.1, 0.15) is 0 Å². The Labute approximate surface area is 241 Å². The zero-order valence-electron chi connectivity index (χ0n) is 21.0. The topological polar surface area (TPSA) is 129 Å². The maximum Gasteiger partial charge on any atom is 0.0886 e. The minimum atomic E-state index is 0. The second kappa shape index (κ2) is 18.4. The van der Waals surface area contributed by atoms with Crippen molar-refractivity contribution < 1.29 is 19.5 Å². The number of hydrogen-bond donors (Lipinski definition) is 2.